The second-order valence-electron chi connectivity index (χ2n) is 8.05. The van der Waals surface area contributed by atoms with Crippen LogP contribution in [0.2, 0.25) is 0 Å². The molecule has 1 aliphatic rings. The van der Waals surface area contributed by atoms with E-state index in [2.05, 4.69) is 36.8 Å². The van der Waals surface area contributed by atoms with E-state index < -0.39 is 0 Å². The van der Waals surface area contributed by atoms with E-state index in [0.717, 1.165) is 30.2 Å². The van der Waals surface area contributed by atoms with Crippen molar-refractivity contribution >= 4 is 29.4 Å². The van der Waals surface area contributed by atoms with Crippen LogP contribution in [0.5, 0.6) is 0 Å². The van der Waals surface area contributed by atoms with Gasteiger partial charge < -0.3 is 15.0 Å². The quantitative estimate of drug-likeness (QED) is 0.373. The summed E-state index contributed by atoms with van der Waals surface area (Å²) in [5.41, 5.74) is 5.97. The molecule has 0 atom stereocenters. The van der Waals surface area contributed by atoms with Crippen LogP contribution in [-0.2, 0) is 16.0 Å². The molecule has 9 nitrogen and oxygen atoms in total. The molecule has 1 saturated heterocycles. The van der Waals surface area contributed by atoms with Crippen molar-refractivity contribution in [3.63, 3.8) is 0 Å². The average molecular weight is 460 g/mol. The first-order chi connectivity index (χ1) is 16.7. The zero-order valence-electron chi connectivity index (χ0n) is 19.3. The molecule has 0 aliphatic carbocycles. The number of benzene rings is 1. The third-order valence-electron chi connectivity index (χ3n) is 5.30. The Bertz CT molecular complexity index is 1120. The van der Waals surface area contributed by atoms with E-state index in [-0.39, 0.29) is 5.91 Å². The minimum Gasteiger partial charge on any atom is -0.378 e. The van der Waals surface area contributed by atoms with E-state index >= 15 is 0 Å². The van der Waals surface area contributed by atoms with Crippen LogP contribution in [-0.4, -0.2) is 53.4 Å². The van der Waals surface area contributed by atoms with Gasteiger partial charge in [-0.15, -0.1) is 0 Å². The SMILES string of the molecule is Cc1cccc(/C=N/Nc2cc(N3CCOCC3)nc(CCCC(=O)Nc3ccncc3)n2)c1. The molecule has 1 aliphatic heterocycles. The summed E-state index contributed by atoms with van der Waals surface area (Å²) in [4.78, 5) is 27.8. The van der Waals surface area contributed by atoms with Gasteiger partial charge in [0.2, 0.25) is 5.91 Å². The lowest BCUT2D eigenvalue weighted by atomic mass is 10.2. The van der Waals surface area contributed by atoms with Crippen LogP contribution in [0.25, 0.3) is 0 Å². The molecule has 3 heterocycles. The van der Waals surface area contributed by atoms with Crippen LogP contribution < -0.4 is 15.6 Å². The number of aryl methyl sites for hydroxylation is 2. The van der Waals surface area contributed by atoms with Crippen molar-refractivity contribution in [1.82, 2.24) is 15.0 Å². The highest BCUT2D eigenvalue weighted by molar-refractivity contribution is 5.90. The molecule has 1 fully saturated rings. The Kier molecular flexibility index (Phi) is 8.13. The Morgan fingerprint density at radius 3 is 2.76 bits per heavy atom. The maximum absolute atomic E-state index is 12.3. The number of rotatable bonds is 9. The maximum Gasteiger partial charge on any atom is 0.224 e. The number of hydrazone groups is 1. The number of hydrogen-bond donors (Lipinski definition) is 2. The Hall–Kier alpha value is -3.85. The lowest BCUT2D eigenvalue weighted by Gasteiger charge is -2.28. The van der Waals surface area contributed by atoms with Crippen LogP contribution in [0, 0.1) is 6.92 Å². The third-order valence-corrected chi connectivity index (χ3v) is 5.30. The molecule has 34 heavy (non-hydrogen) atoms. The first-order valence-electron chi connectivity index (χ1n) is 11.4. The number of carbonyl (C=O) groups is 1. The lowest BCUT2D eigenvalue weighted by molar-refractivity contribution is -0.116. The molecule has 176 valence electrons. The molecule has 0 radical (unpaired) electrons. The van der Waals surface area contributed by atoms with Crippen LogP contribution in [0.4, 0.5) is 17.3 Å². The smallest absolute Gasteiger partial charge is 0.224 e. The molecular weight excluding hydrogens is 430 g/mol. The van der Waals surface area contributed by atoms with E-state index in [0.29, 0.717) is 44.1 Å². The van der Waals surface area contributed by atoms with Crippen LogP contribution in [0.15, 0.2) is 60.0 Å². The Labute approximate surface area is 199 Å². The molecule has 4 rings (SSSR count). The number of aromatic nitrogens is 3. The number of nitrogens with zero attached hydrogens (tertiary/aromatic N) is 5. The number of amides is 1. The molecule has 1 aromatic carbocycles. The van der Waals surface area contributed by atoms with Crippen molar-refractivity contribution < 1.29 is 9.53 Å². The monoisotopic (exact) mass is 459 g/mol. The van der Waals surface area contributed by atoms with Crippen LogP contribution >= 0.6 is 0 Å². The molecule has 0 spiro atoms. The number of pyridine rings is 1. The average Bonchev–Trinajstić information content (AvgIpc) is 2.85. The lowest BCUT2D eigenvalue weighted by Crippen LogP contribution is -2.37. The van der Waals surface area contributed by atoms with Crippen molar-refractivity contribution in [2.45, 2.75) is 26.2 Å². The summed E-state index contributed by atoms with van der Waals surface area (Å²) in [5.74, 6) is 2.09. The van der Waals surface area contributed by atoms with Gasteiger partial charge in [0.25, 0.3) is 0 Å². The second kappa shape index (κ2) is 11.9. The van der Waals surface area contributed by atoms with Gasteiger partial charge in [0, 0.05) is 50.1 Å². The van der Waals surface area contributed by atoms with Gasteiger partial charge in [0.1, 0.15) is 11.6 Å². The number of ether oxygens (including phenoxy) is 1. The van der Waals surface area contributed by atoms with Crippen molar-refractivity contribution in [3.8, 4) is 0 Å². The minimum absolute atomic E-state index is 0.0448. The van der Waals surface area contributed by atoms with Crippen molar-refractivity contribution in [2.75, 3.05) is 41.9 Å². The molecule has 2 aromatic heterocycles. The first kappa shape index (κ1) is 23.3. The van der Waals surface area contributed by atoms with E-state index in [9.17, 15) is 4.79 Å². The predicted octanol–water partition coefficient (Wildman–Crippen LogP) is 3.42. The number of morpholine rings is 1. The highest BCUT2D eigenvalue weighted by Crippen LogP contribution is 2.19. The Morgan fingerprint density at radius 1 is 1.15 bits per heavy atom. The van der Waals surface area contributed by atoms with Gasteiger partial charge in [0.05, 0.1) is 19.4 Å². The third kappa shape index (κ3) is 7.08. The normalized spacial score (nSPS) is 13.7. The molecule has 2 N–H and O–H groups in total. The highest BCUT2D eigenvalue weighted by Gasteiger charge is 2.15. The van der Waals surface area contributed by atoms with Crippen molar-refractivity contribution in [2.24, 2.45) is 5.10 Å². The molecule has 3 aromatic rings. The molecule has 1 amide bonds. The zero-order valence-corrected chi connectivity index (χ0v) is 19.3. The summed E-state index contributed by atoms with van der Waals surface area (Å²) in [6.45, 7) is 4.94. The van der Waals surface area contributed by atoms with Gasteiger partial charge in [-0.2, -0.15) is 5.10 Å². The predicted molar refractivity (Wildman–Crippen MR) is 133 cm³/mol. The summed E-state index contributed by atoms with van der Waals surface area (Å²) in [5, 5.41) is 7.23. The number of carbonyl (C=O) groups excluding carboxylic acids is 1. The zero-order chi connectivity index (χ0) is 23.6. The van der Waals surface area contributed by atoms with E-state index in [1.165, 1.54) is 5.56 Å². The summed E-state index contributed by atoms with van der Waals surface area (Å²) in [7, 11) is 0. The Morgan fingerprint density at radius 2 is 1.97 bits per heavy atom. The fraction of sp³-hybridized carbons (Fsp3) is 0.320. The largest absolute Gasteiger partial charge is 0.378 e. The fourth-order valence-corrected chi connectivity index (χ4v) is 3.60. The highest BCUT2D eigenvalue weighted by atomic mass is 16.5. The number of nitrogens with one attached hydrogen (secondary N) is 2. The first-order valence-corrected chi connectivity index (χ1v) is 11.4. The second-order valence-corrected chi connectivity index (χ2v) is 8.05. The van der Waals surface area contributed by atoms with Gasteiger partial charge >= 0.3 is 0 Å². The number of anilines is 3. The van der Waals surface area contributed by atoms with Crippen molar-refractivity contribution in [3.05, 3.63) is 71.8 Å². The van der Waals surface area contributed by atoms with Crippen molar-refractivity contribution in [1.29, 1.82) is 0 Å². The molecule has 0 unspecified atom stereocenters. The molecule has 9 heteroatoms. The minimum atomic E-state index is -0.0448. The Balaban J connectivity index is 1.40. The summed E-state index contributed by atoms with van der Waals surface area (Å²) in [6.07, 6.45) is 6.66. The van der Waals surface area contributed by atoms with Crippen LogP contribution in [0.1, 0.15) is 29.8 Å². The van der Waals surface area contributed by atoms with Gasteiger partial charge in [-0.25, -0.2) is 9.97 Å². The van der Waals surface area contributed by atoms with Crippen LogP contribution in [0.3, 0.4) is 0 Å². The maximum atomic E-state index is 12.3. The van der Waals surface area contributed by atoms with E-state index in [1.807, 2.05) is 31.2 Å². The fourth-order valence-electron chi connectivity index (χ4n) is 3.60. The topological polar surface area (TPSA) is 105 Å². The van der Waals surface area contributed by atoms with Gasteiger partial charge in [-0.3, -0.25) is 15.2 Å². The summed E-state index contributed by atoms with van der Waals surface area (Å²) < 4.78 is 5.47. The van der Waals surface area contributed by atoms with E-state index in [4.69, 9.17) is 9.72 Å². The molecule has 0 saturated carbocycles. The molecular formula is C25H29N7O2. The summed E-state index contributed by atoms with van der Waals surface area (Å²) in [6, 6.07) is 13.5. The van der Waals surface area contributed by atoms with Gasteiger partial charge in [-0.1, -0.05) is 29.8 Å². The van der Waals surface area contributed by atoms with Gasteiger partial charge in [0.15, 0.2) is 5.82 Å². The number of hydrogen-bond acceptors (Lipinski definition) is 8. The van der Waals surface area contributed by atoms with Gasteiger partial charge in [-0.05, 0) is 31.0 Å². The standard InChI is InChI=1S/C25H29N7O2/c1-19-4-2-5-20(16-19)18-27-31-23-17-24(32-12-14-34-15-13-32)30-22(29-23)6-3-7-25(33)28-21-8-10-26-11-9-21/h2,4-5,8-11,16-18H,3,6-7,12-15H2,1H3,(H,26,28,33)(H,29,30,31)/b27-18+. The molecule has 0 bridgehead atoms. The van der Waals surface area contributed by atoms with E-state index in [1.54, 1.807) is 30.7 Å². The summed E-state index contributed by atoms with van der Waals surface area (Å²) >= 11 is 0.